The smallest absolute Gasteiger partial charge is 0.350 e. The lowest BCUT2D eigenvalue weighted by molar-refractivity contribution is -0.132. The van der Waals surface area contributed by atoms with Gasteiger partial charge in [-0.3, -0.25) is 14.5 Å². The Hall–Kier alpha value is -3.78. The summed E-state index contributed by atoms with van der Waals surface area (Å²) in [7, 11) is 0. The van der Waals surface area contributed by atoms with Crippen molar-refractivity contribution in [2.45, 2.75) is 39.7 Å². The number of hydrogen-bond acceptors (Lipinski definition) is 7. The van der Waals surface area contributed by atoms with Crippen LogP contribution in [-0.2, 0) is 14.3 Å². The zero-order chi connectivity index (χ0) is 25.3. The summed E-state index contributed by atoms with van der Waals surface area (Å²) in [6.45, 7) is 7.71. The summed E-state index contributed by atoms with van der Waals surface area (Å²) in [4.78, 5) is 44.9. The number of ketones is 1. The number of aliphatic hydroxyl groups excluding tert-OH is 1. The van der Waals surface area contributed by atoms with Gasteiger partial charge in [-0.25, -0.2) is 9.78 Å². The molecule has 2 heterocycles. The number of esters is 1. The van der Waals surface area contributed by atoms with Crippen LogP contribution in [0.2, 0.25) is 0 Å². The molecule has 1 aliphatic heterocycles. The Kier molecular flexibility index (Phi) is 6.84. The number of aliphatic hydroxyl groups is 1. The predicted molar refractivity (Wildman–Crippen MR) is 135 cm³/mol. The molecular weight excluding hydrogens is 464 g/mol. The first-order chi connectivity index (χ1) is 16.7. The lowest BCUT2D eigenvalue weighted by atomic mass is 9.93. The number of aromatic nitrogens is 1. The summed E-state index contributed by atoms with van der Waals surface area (Å²) in [6, 6.07) is 15.3. The van der Waals surface area contributed by atoms with E-state index in [9.17, 15) is 19.5 Å². The van der Waals surface area contributed by atoms with E-state index >= 15 is 0 Å². The van der Waals surface area contributed by atoms with E-state index in [4.69, 9.17) is 4.74 Å². The number of nitrogens with zero attached hydrogens (tertiary/aromatic N) is 2. The van der Waals surface area contributed by atoms with Gasteiger partial charge in [0.1, 0.15) is 10.6 Å². The van der Waals surface area contributed by atoms with Crippen LogP contribution in [-0.4, -0.2) is 34.4 Å². The third-order valence-corrected chi connectivity index (χ3v) is 7.00. The summed E-state index contributed by atoms with van der Waals surface area (Å²) < 4.78 is 5.11. The molecule has 0 aliphatic carbocycles. The van der Waals surface area contributed by atoms with Gasteiger partial charge in [-0.1, -0.05) is 79.8 Å². The number of carbonyl (C=O) groups is 3. The second-order valence-corrected chi connectivity index (χ2v) is 9.47. The maximum Gasteiger partial charge on any atom is 0.350 e. The van der Waals surface area contributed by atoms with E-state index in [0.29, 0.717) is 22.7 Å². The highest BCUT2D eigenvalue weighted by molar-refractivity contribution is 7.17. The van der Waals surface area contributed by atoms with Gasteiger partial charge in [0.25, 0.3) is 5.78 Å². The van der Waals surface area contributed by atoms with Crippen molar-refractivity contribution in [1.29, 1.82) is 0 Å². The lowest BCUT2D eigenvalue weighted by Gasteiger charge is -2.23. The average molecular weight is 491 g/mol. The molecule has 2 aromatic carbocycles. The number of hydrogen-bond donors (Lipinski definition) is 1. The van der Waals surface area contributed by atoms with Crippen LogP contribution in [0.25, 0.3) is 5.76 Å². The number of carbonyl (C=O) groups excluding carboxylic acids is 3. The molecule has 0 spiro atoms. The molecule has 8 heteroatoms. The molecule has 1 amide bonds. The van der Waals surface area contributed by atoms with Crippen LogP contribution in [0.3, 0.4) is 0 Å². The number of Topliss-reactive ketones (excluding diaryl/α,β-unsaturated/α-hetero) is 1. The van der Waals surface area contributed by atoms with Crippen molar-refractivity contribution in [3.05, 3.63) is 87.4 Å². The Morgan fingerprint density at radius 2 is 1.77 bits per heavy atom. The Labute approximate surface area is 207 Å². The molecule has 1 fully saturated rings. The number of benzene rings is 2. The van der Waals surface area contributed by atoms with Crippen molar-refractivity contribution in [3.63, 3.8) is 0 Å². The van der Waals surface area contributed by atoms with Gasteiger partial charge in [0.05, 0.1) is 23.9 Å². The van der Waals surface area contributed by atoms with Crippen LogP contribution in [0.5, 0.6) is 0 Å². The Morgan fingerprint density at radius 3 is 2.37 bits per heavy atom. The Balaban J connectivity index is 1.90. The number of anilines is 1. The van der Waals surface area contributed by atoms with Crippen LogP contribution < -0.4 is 4.90 Å². The summed E-state index contributed by atoms with van der Waals surface area (Å²) in [5.74, 6) is -2.12. The summed E-state index contributed by atoms with van der Waals surface area (Å²) >= 11 is 0.990. The molecule has 4 rings (SSSR count). The Morgan fingerprint density at radius 1 is 1.11 bits per heavy atom. The fraction of sp³-hybridized carbons (Fsp3) is 0.259. The van der Waals surface area contributed by atoms with Crippen LogP contribution in [0.4, 0.5) is 5.13 Å². The van der Waals surface area contributed by atoms with Gasteiger partial charge in [0.2, 0.25) is 0 Å². The molecule has 1 aromatic heterocycles. The van der Waals surface area contributed by atoms with E-state index in [1.54, 1.807) is 44.2 Å². The first kappa shape index (κ1) is 24.3. The minimum Gasteiger partial charge on any atom is -0.507 e. The van der Waals surface area contributed by atoms with E-state index in [2.05, 4.69) is 18.8 Å². The van der Waals surface area contributed by atoms with Gasteiger partial charge in [-0.05, 0) is 30.9 Å². The normalized spacial score (nSPS) is 17.3. The molecule has 0 radical (unpaired) electrons. The molecule has 7 nitrogen and oxygen atoms in total. The van der Waals surface area contributed by atoms with Gasteiger partial charge in [-0.2, -0.15) is 0 Å². The van der Waals surface area contributed by atoms with E-state index in [0.717, 1.165) is 16.9 Å². The molecule has 1 aliphatic rings. The molecule has 0 saturated carbocycles. The largest absolute Gasteiger partial charge is 0.507 e. The lowest BCUT2D eigenvalue weighted by Crippen LogP contribution is -2.29. The molecule has 180 valence electrons. The topological polar surface area (TPSA) is 96.8 Å². The van der Waals surface area contributed by atoms with Gasteiger partial charge >= 0.3 is 11.9 Å². The minimum absolute atomic E-state index is 0.0240. The number of rotatable bonds is 6. The Bertz CT molecular complexity index is 1310. The fourth-order valence-electron chi connectivity index (χ4n) is 4.03. The second kappa shape index (κ2) is 9.84. The van der Waals surface area contributed by atoms with Crippen LogP contribution >= 0.6 is 11.3 Å². The van der Waals surface area contributed by atoms with E-state index in [1.165, 1.54) is 4.90 Å². The first-order valence-electron chi connectivity index (χ1n) is 11.3. The number of ether oxygens (including phenoxy) is 1. The average Bonchev–Trinajstić information content (AvgIpc) is 3.36. The van der Waals surface area contributed by atoms with Gasteiger partial charge in [0.15, 0.2) is 5.13 Å². The van der Waals surface area contributed by atoms with Crippen molar-refractivity contribution in [1.82, 2.24) is 4.98 Å². The van der Waals surface area contributed by atoms with Crippen molar-refractivity contribution >= 4 is 39.9 Å². The summed E-state index contributed by atoms with van der Waals surface area (Å²) in [5, 5.41) is 11.3. The molecule has 1 atom stereocenters. The summed E-state index contributed by atoms with van der Waals surface area (Å²) in [6.07, 6.45) is 0. The molecule has 0 bridgehead atoms. The quantitative estimate of drug-likeness (QED) is 0.216. The van der Waals surface area contributed by atoms with Gasteiger partial charge in [0, 0.05) is 5.56 Å². The molecule has 0 unspecified atom stereocenters. The fourth-order valence-corrected chi connectivity index (χ4v) is 5.02. The molecule has 35 heavy (non-hydrogen) atoms. The van der Waals surface area contributed by atoms with Crippen molar-refractivity contribution in [2.75, 3.05) is 11.5 Å². The van der Waals surface area contributed by atoms with Crippen molar-refractivity contribution in [3.8, 4) is 0 Å². The van der Waals surface area contributed by atoms with Crippen molar-refractivity contribution < 1.29 is 24.2 Å². The standard InChI is InChI=1S/C27H26N2O5S/c1-5-34-26(33)24-16(4)28-27(35-24)29-21(18-13-11-17(12-14-18)15(2)3)20(23(31)25(29)32)22(30)19-9-7-6-8-10-19/h6-15,21,30H,5H2,1-4H3/t21-/m0/s1. The number of aryl methyl sites for hydroxylation is 1. The third kappa shape index (κ3) is 4.49. The highest BCUT2D eigenvalue weighted by atomic mass is 32.1. The zero-order valence-electron chi connectivity index (χ0n) is 19.9. The SMILES string of the molecule is CCOC(=O)c1sc(N2C(=O)C(=O)C(=C(O)c3ccccc3)[C@@H]2c2ccc(C(C)C)cc2)nc1C. The predicted octanol–water partition coefficient (Wildman–Crippen LogP) is 5.38. The van der Waals surface area contributed by atoms with E-state index < -0.39 is 23.7 Å². The van der Waals surface area contributed by atoms with Crippen LogP contribution in [0.15, 0.2) is 60.2 Å². The van der Waals surface area contributed by atoms with E-state index in [1.807, 2.05) is 24.3 Å². The van der Waals surface area contributed by atoms with Gasteiger partial charge in [-0.15, -0.1) is 0 Å². The minimum atomic E-state index is -0.906. The van der Waals surface area contributed by atoms with Crippen molar-refractivity contribution in [2.24, 2.45) is 0 Å². The molecule has 3 aromatic rings. The molecular formula is C27H26N2O5S. The number of amides is 1. The maximum absolute atomic E-state index is 13.3. The maximum atomic E-state index is 13.3. The van der Waals surface area contributed by atoms with Gasteiger partial charge < -0.3 is 9.84 Å². The molecule has 1 N–H and O–H groups in total. The zero-order valence-corrected chi connectivity index (χ0v) is 20.8. The van der Waals surface area contributed by atoms with Crippen LogP contribution in [0.1, 0.15) is 64.8 Å². The number of thiazole rings is 1. The third-order valence-electron chi connectivity index (χ3n) is 5.86. The van der Waals surface area contributed by atoms with E-state index in [-0.39, 0.29) is 27.9 Å². The second-order valence-electron chi connectivity index (χ2n) is 8.49. The summed E-state index contributed by atoms with van der Waals surface area (Å²) in [5.41, 5.74) is 2.56. The highest BCUT2D eigenvalue weighted by Crippen LogP contribution is 2.44. The monoisotopic (exact) mass is 490 g/mol. The highest BCUT2D eigenvalue weighted by Gasteiger charge is 2.48. The van der Waals surface area contributed by atoms with Crippen LogP contribution in [0, 0.1) is 6.92 Å². The molecule has 1 saturated heterocycles. The first-order valence-corrected chi connectivity index (χ1v) is 12.2.